The Morgan fingerprint density at radius 2 is 1.89 bits per heavy atom. The van der Waals surface area contributed by atoms with Crippen LogP contribution in [0, 0.1) is 5.82 Å². The third-order valence-corrected chi connectivity index (χ3v) is 3.02. The Kier molecular flexibility index (Phi) is 2.76. The first-order chi connectivity index (χ1) is 9.24. The number of hydrogen-bond donors (Lipinski definition) is 2. The largest absolute Gasteiger partial charge is 0.398 e. The summed E-state index contributed by atoms with van der Waals surface area (Å²) in [6, 6.07) is 12.1. The van der Waals surface area contributed by atoms with Gasteiger partial charge >= 0.3 is 0 Å². The molecule has 4 heteroatoms. The van der Waals surface area contributed by atoms with Gasteiger partial charge in [-0.05, 0) is 29.3 Å². The Hall–Kier alpha value is -2.62. The average molecular weight is 253 g/mol. The number of nitrogen functional groups attached to an aromatic ring is 1. The zero-order valence-electron chi connectivity index (χ0n) is 10.1. The first-order valence-corrected chi connectivity index (χ1v) is 5.88. The zero-order chi connectivity index (χ0) is 13.2. The minimum atomic E-state index is -0.268. The molecule has 0 atom stereocenters. The lowest BCUT2D eigenvalue weighted by Gasteiger charge is -2.08. The topological polar surface area (TPSA) is 54.7 Å². The first kappa shape index (κ1) is 11.5. The number of nitrogens with one attached hydrogen (secondary N) is 1. The summed E-state index contributed by atoms with van der Waals surface area (Å²) in [6.45, 7) is 0. The van der Waals surface area contributed by atoms with Crippen LogP contribution in [-0.4, -0.2) is 10.2 Å². The van der Waals surface area contributed by atoms with Crippen LogP contribution >= 0.6 is 0 Å². The quantitative estimate of drug-likeness (QED) is 0.687. The molecule has 3 aromatic rings. The highest BCUT2D eigenvalue weighted by molar-refractivity contribution is 5.81. The molecule has 19 heavy (non-hydrogen) atoms. The number of nitrogens with zero attached hydrogens (tertiary/aromatic N) is 1. The third kappa shape index (κ3) is 2.20. The van der Waals surface area contributed by atoms with Gasteiger partial charge < -0.3 is 5.73 Å². The van der Waals surface area contributed by atoms with Gasteiger partial charge in [-0.2, -0.15) is 5.10 Å². The molecule has 3 rings (SSSR count). The van der Waals surface area contributed by atoms with E-state index in [1.54, 1.807) is 18.5 Å². The molecule has 3 nitrogen and oxygen atoms in total. The number of H-pyrrole nitrogens is 1. The van der Waals surface area contributed by atoms with E-state index in [1.807, 2.05) is 24.3 Å². The van der Waals surface area contributed by atoms with E-state index < -0.39 is 0 Å². The molecule has 0 bridgehead atoms. The number of aromatic amines is 1. The fraction of sp³-hybridized carbons (Fsp3) is 0. The molecular weight excluding hydrogens is 241 g/mol. The monoisotopic (exact) mass is 253 g/mol. The molecule has 0 saturated heterocycles. The maximum Gasteiger partial charge on any atom is 0.123 e. The Labute approximate surface area is 109 Å². The lowest BCUT2D eigenvalue weighted by molar-refractivity contribution is 0.628. The molecule has 94 valence electrons. The Morgan fingerprint density at radius 1 is 1.00 bits per heavy atom. The maximum absolute atomic E-state index is 13.2. The summed E-state index contributed by atoms with van der Waals surface area (Å²) in [4.78, 5) is 0. The summed E-state index contributed by atoms with van der Waals surface area (Å²) in [5.74, 6) is -0.268. The minimum Gasteiger partial charge on any atom is -0.398 e. The zero-order valence-corrected chi connectivity index (χ0v) is 10.1. The van der Waals surface area contributed by atoms with Gasteiger partial charge in [0.05, 0.1) is 6.20 Å². The molecule has 0 saturated carbocycles. The highest BCUT2D eigenvalue weighted by atomic mass is 19.1. The van der Waals surface area contributed by atoms with Crippen LogP contribution in [-0.2, 0) is 0 Å². The molecule has 0 spiro atoms. The van der Waals surface area contributed by atoms with Gasteiger partial charge in [-0.1, -0.05) is 24.3 Å². The van der Waals surface area contributed by atoms with E-state index in [0.29, 0.717) is 5.69 Å². The van der Waals surface area contributed by atoms with E-state index in [1.165, 1.54) is 12.1 Å². The molecular formula is C15H12FN3. The van der Waals surface area contributed by atoms with Crippen molar-refractivity contribution in [2.24, 2.45) is 0 Å². The van der Waals surface area contributed by atoms with Gasteiger partial charge in [-0.25, -0.2) is 4.39 Å². The lowest BCUT2D eigenvalue weighted by Crippen LogP contribution is -1.91. The fourth-order valence-electron chi connectivity index (χ4n) is 2.07. The second-order valence-corrected chi connectivity index (χ2v) is 4.30. The smallest absolute Gasteiger partial charge is 0.123 e. The Morgan fingerprint density at radius 3 is 2.58 bits per heavy atom. The van der Waals surface area contributed by atoms with Crippen molar-refractivity contribution in [3.8, 4) is 22.3 Å². The third-order valence-electron chi connectivity index (χ3n) is 3.02. The summed E-state index contributed by atoms with van der Waals surface area (Å²) >= 11 is 0. The molecule has 0 aliphatic heterocycles. The van der Waals surface area contributed by atoms with Crippen LogP contribution in [0.25, 0.3) is 22.3 Å². The molecule has 0 radical (unpaired) electrons. The Balaban J connectivity index is 2.05. The first-order valence-electron chi connectivity index (χ1n) is 5.88. The fourth-order valence-corrected chi connectivity index (χ4v) is 2.07. The number of anilines is 1. The van der Waals surface area contributed by atoms with Crippen molar-refractivity contribution in [2.45, 2.75) is 0 Å². The van der Waals surface area contributed by atoms with Gasteiger partial charge in [-0.15, -0.1) is 0 Å². The average Bonchev–Trinajstić information content (AvgIpc) is 2.92. The van der Waals surface area contributed by atoms with Crippen LogP contribution in [0.15, 0.2) is 54.9 Å². The number of hydrogen-bond acceptors (Lipinski definition) is 2. The predicted molar refractivity (Wildman–Crippen MR) is 73.8 cm³/mol. The Bertz CT molecular complexity index is 705. The van der Waals surface area contributed by atoms with E-state index in [4.69, 9.17) is 5.73 Å². The molecule has 0 fully saturated rings. The second kappa shape index (κ2) is 4.57. The van der Waals surface area contributed by atoms with Crippen LogP contribution in [0.3, 0.4) is 0 Å². The normalized spacial score (nSPS) is 10.6. The summed E-state index contributed by atoms with van der Waals surface area (Å²) in [7, 11) is 0. The summed E-state index contributed by atoms with van der Waals surface area (Å²) < 4.78 is 13.2. The van der Waals surface area contributed by atoms with E-state index in [0.717, 1.165) is 22.3 Å². The number of nitrogens with two attached hydrogens (primary N) is 1. The minimum absolute atomic E-state index is 0.268. The molecule has 3 N–H and O–H groups in total. The van der Waals surface area contributed by atoms with Gasteiger partial charge in [0.15, 0.2) is 0 Å². The SMILES string of the molecule is Nc1cc(-c2cn[nH]c2)ccc1-c1cccc(F)c1. The van der Waals surface area contributed by atoms with Gasteiger partial charge in [0.25, 0.3) is 0 Å². The van der Waals surface area contributed by atoms with Crippen LogP contribution < -0.4 is 5.73 Å². The van der Waals surface area contributed by atoms with Crippen molar-refractivity contribution >= 4 is 5.69 Å². The van der Waals surface area contributed by atoms with Gasteiger partial charge in [0.1, 0.15) is 5.82 Å². The van der Waals surface area contributed by atoms with Crippen LogP contribution in [0.4, 0.5) is 10.1 Å². The van der Waals surface area contributed by atoms with E-state index in [2.05, 4.69) is 10.2 Å². The van der Waals surface area contributed by atoms with E-state index in [-0.39, 0.29) is 5.82 Å². The summed E-state index contributed by atoms with van der Waals surface area (Å²) in [5.41, 5.74) is 10.2. The van der Waals surface area contributed by atoms with Crippen molar-refractivity contribution in [3.05, 3.63) is 60.7 Å². The summed E-state index contributed by atoms with van der Waals surface area (Å²) in [5, 5.41) is 6.67. The molecule has 2 aromatic carbocycles. The van der Waals surface area contributed by atoms with Crippen molar-refractivity contribution in [1.82, 2.24) is 10.2 Å². The highest BCUT2D eigenvalue weighted by Crippen LogP contribution is 2.30. The van der Waals surface area contributed by atoms with Crippen LogP contribution in [0.5, 0.6) is 0 Å². The van der Waals surface area contributed by atoms with Crippen LogP contribution in [0.2, 0.25) is 0 Å². The predicted octanol–water partition coefficient (Wildman–Crippen LogP) is 3.47. The highest BCUT2D eigenvalue weighted by Gasteiger charge is 2.06. The molecule has 1 aromatic heterocycles. The number of halogens is 1. The van der Waals surface area contributed by atoms with Crippen molar-refractivity contribution in [3.63, 3.8) is 0 Å². The van der Waals surface area contributed by atoms with E-state index in [9.17, 15) is 4.39 Å². The summed E-state index contributed by atoms with van der Waals surface area (Å²) in [6.07, 6.45) is 3.53. The van der Waals surface area contributed by atoms with Gasteiger partial charge in [0.2, 0.25) is 0 Å². The molecule has 0 amide bonds. The van der Waals surface area contributed by atoms with E-state index >= 15 is 0 Å². The number of rotatable bonds is 2. The molecule has 0 aliphatic carbocycles. The van der Waals surface area contributed by atoms with Crippen LogP contribution in [0.1, 0.15) is 0 Å². The van der Waals surface area contributed by atoms with Gasteiger partial charge in [-0.3, -0.25) is 5.10 Å². The van der Waals surface area contributed by atoms with Crippen molar-refractivity contribution in [1.29, 1.82) is 0 Å². The standard InChI is InChI=1S/C15H12FN3/c16-13-3-1-2-11(6-13)14-5-4-10(7-15(14)17)12-8-18-19-9-12/h1-9H,17H2,(H,18,19). The lowest BCUT2D eigenvalue weighted by atomic mass is 10.00. The molecule has 0 aliphatic rings. The van der Waals surface area contributed by atoms with Gasteiger partial charge in [0, 0.05) is 23.0 Å². The second-order valence-electron chi connectivity index (χ2n) is 4.30. The molecule has 1 heterocycles. The number of aromatic nitrogens is 2. The van der Waals surface area contributed by atoms with Crippen molar-refractivity contribution in [2.75, 3.05) is 5.73 Å². The maximum atomic E-state index is 13.2. The number of benzene rings is 2. The van der Waals surface area contributed by atoms with Crippen molar-refractivity contribution < 1.29 is 4.39 Å². The molecule has 0 unspecified atom stereocenters.